The normalized spacial score (nSPS) is 10.4. The number of halogens is 1. The van der Waals surface area contributed by atoms with Gasteiger partial charge in [0.15, 0.2) is 5.78 Å². The van der Waals surface area contributed by atoms with Crippen LogP contribution in [0.2, 0.25) is 5.02 Å². The van der Waals surface area contributed by atoms with Crippen molar-refractivity contribution in [3.63, 3.8) is 0 Å². The Labute approximate surface area is 130 Å². The molecule has 4 heteroatoms. The van der Waals surface area contributed by atoms with E-state index >= 15 is 0 Å². The van der Waals surface area contributed by atoms with Crippen LogP contribution in [0.5, 0.6) is 0 Å². The minimum atomic E-state index is 0.118. The lowest BCUT2D eigenvalue weighted by molar-refractivity contribution is 0.0980. The topological polar surface area (TPSA) is 42.0 Å². The van der Waals surface area contributed by atoms with E-state index < -0.39 is 0 Å². The molecule has 0 aliphatic heterocycles. The van der Waals surface area contributed by atoms with Crippen molar-refractivity contribution in [3.8, 4) is 0 Å². The van der Waals surface area contributed by atoms with Crippen LogP contribution in [-0.2, 0) is 0 Å². The molecule has 0 saturated carbocycles. The summed E-state index contributed by atoms with van der Waals surface area (Å²) >= 11 is 6.12. The molecule has 110 valence electrons. The maximum absolute atomic E-state index is 12.3. The van der Waals surface area contributed by atoms with Crippen LogP contribution < -0.4 is 5.32 Å². The molecule has 1 aromatic carbocycles. The molecule has 0 unspecified atom stereocenters. The van der Waals surface area contributed by atoms with Crippen LogP contribution >= 0.6 is 11.6 Å². The maximum Gasteiger partial charge on any atom is 0.166 e. The number of hydrogen-bond acceptors (Lipinski definition) is 3. The zero-order valence-corrected chi connectivity index (χ0v) is 13.1. The van der Waals surface area contributed by atoms with Crippen molar-refractivity contribution in [1.29, 1.82) is 0 Å². The average molecular weight is 303 g/mol. The van der Waals surface area contributed by atoms with Gasteiger partial charge in [0.2, 0.25) is 0 Å². The fraction of sp³-hybridized carbons (Fsp3) is 0.294. The lowest BCUT2D eigenvalue weighted by Gasteiger charge is -2.12. The predicted octanol–water partition coefficient (Wildman–Crippen LogP) is 5.16. The molecule has 0 radical (unpaired) electrons. The summed E-state index contributed by atoms with van der Waals surface area (Å²) in [6, 6.07) is 9.24. The molecule has 0 atom stereocenters. The van der Waals surface area contributed by atoms with Gasteiger partial charge < -0.3 is 5.32 Å². The summed E-state index contributed by atoms with van der Waals surface area (Å²) in [6.07, 6.45) is 4.12. The van der Waals surface area contributed by atoms with Gasteiger partial charge in [-0.1, -0.05) is 31.0 Å². The highest BCUT2D eigenvalue weighted by molar-refractivity contribution is 6.31. The van der Waals surface area contributed by atoms with Crippen molar-refractivity contribution in [2.45, 2.75) is 33.1 Å². The van der Waals surface area contributed by atoms with Gasteiger partial charge in [-0.05, 0) is 43.2 Å². The highest BCUT2D eigenvalue weighted by Gasteiger charge is 2.13. The Morgan fingerprint density at radius 2 is 2.10 bits per heavy atom. The molecule has 0 aliphatic carbocycles. The van der Waals surface area contributed by atoms with Gasteiger partial charge in [0, 0.05) is 23.3 Å². The second-order valence-corrected chi connectivity index (χ2v) is 5.37. The minimum Gasteiger partial charge on any atom is -0.339 e. The third-order valence-electron chi connectivity index (χ3n) is 3.39. The number of Topliss-reactive ketones (excluding diaryl/α,β-unsaturated/α-hetero) is 1. The Morgan fingerprint density at radius 3 is 2.86 bits per heavy atom. The van der Waals surface area contributed by atoms with Gasteiger partial charge in [-0.15, -0.1) is 0 Å². The highest BCUT2D eigenvalue weighted by atomic mass is 35.5. The van der Waals surface area contributed by atoms with E-state index in [9.17, 15) is 4.79 Å². The number of aromatic nitrogens is 1. The minimum absolute atomic E-state index is 0.118. The molecule has 0 bridgehead atoms. The first-order valence-corrected chi connectivity index (χ1v) is 7.51. The molecule has 0 saturated heterocycles. The quantitative estimate of drug-likeness (QED) is 0.749. The molecule has 0 amide bonds. The highest BCUT2D eigenvalue weighted by Crippen LogP contribution is 2.27. The Balaban J connectivity index is 2.28. The van der Waals surface area contributed by atoms with Crippen LogP contribution in [0, 0.1) is 6.92 Å². The Bertz CT molecular complexity index is 640. The van der Waals surface area contributed by atoms with Crippen LogP contribution in [0.4, 0.5) is 11.5 Å². The van der Waals surface area contributed by atoms with Crippen molar-refractivity contribution in [2.24, 2.45) is 0 Å². The summed E-state index contributed by atoms with van der Waals surface area (Å²) in [5.41, 5.74) is 2.44. The van der Waals surface area contributed by atoms with Crippen molar-refractivity contribution in [3.05, 3.63) is 52.7 Å². The first-order chi connectivity index (χ1) is 10.1. The van der Waals surface area contributed by atoms with Gasteiger partial charge >= 0.3 is 0 Å². The lowest BCUT2D eigenvalue weighted by Crippen LogP contribution is -2.06. The van der Waals surface area contributed by atoms with Gasteiger partial charge in [0.05, 0.1) is 5.56 Å². The number of carbonyl (C=O) groups is 1. The zero-order valence-electron chi connectivity index (χ0n) is 12.3. The van der Waals surface area contributed by atoms with Gasteiger partial charge in [-0.3, -0.25) is 4.79 Å². The number of benzene rings is 1. The Hall–Kier alpha value is -1.87. The van der Waals surface area contributed by atoms with Gasteiger partial charge in [0.25, 0.3) is 0 Å². The van der Waals surface area contributed by atoms with Crippen LogP contribution in [-0.4, -0.2) is 10.8 Å². The summed E-state index contributed by atoms with van der Waals surface area (Å²) in [5, 5.41) is 3.91. The third kappa shape index (κ3) is 3.82. The van der Waals surface area contributed by atoms with E-state index in [0.29, 0.717) is 22.8 Å². The fourth-order valence-corrected chi connectivity index (χ4v) is 2.25. The molecule has 0 spiro atoms. The third-order valence-corrected chi connectivity index (χ3v) is 3.80. The summed E-state index contributed by atoms with van der Waals surface area (Å²) in [6.45, 7) is 4.01. The van der Waals surface area contributed by atoms with Crippen LogP contribution in [0.3, 0.4) is 0 Å². The van der Waals surface area contributed by atoms with Gasteiger partial charge in [-0.25, -0.2) is 4.98 Å². The second-order valence-electron chi connectivity index (χ2n) is 4.96. The molecule has 1 heterocycles. The molecule has 1 aromatic heterocycles. The summed E-state index contributed by atoms with van der Waals surface area (Å²) < 4.78 is 0. The molecule has 0 fully saturated rings. The maximum atomic E-state index is 12.3. The van der Waals surface area contributed by atoms with Crippen molar-refractivity contribution in [1.82, 2.24) is 4.98 Å². The van der Waals surface area contributed by atoms with E-state index in [2.05, 4.69) is 17.2 Å². The van der Waals surface area contributed by atoms with E-state index in [4.69, 9.17) is 11.6 Å². The SMILES string of the molecule is CCCCC(=O)c1cccnc1Nc1cccc(Cl)c1C. The van der Waals surface area contributed by atoms with Crippen LogP contribution in [0.1, 0.15) is 42.1 Å². The second kappa shape index (κ2) is 7.23. The van der Waals surface area contributed by atoms with Crippen LogP contribution in [0.25, 0.3) is 0 Å². The largest absolute Gasteiger partial charge is 0.339 e. The number of anilines is 2. The molecular weight excluding hydrogens is 284 g/mol. The summed E-state index contributed by atoms with van der Waals surface area (Å²) in [5.74, 6) is 0.705. The van der Waals surface area contributed by atoms with E-state index in [1.807, 2.05) is 31.2 Å². The number of carbonyl (C=O) groups excluding carboxylic acids is 1. The van der Waals surface area contributed by atoms with E-state index in [1.54, 1.807) is 12.3 Å². The number of nitrogens with zero attached hydrogens (tertiary/aromatic N) is 1. The first kappa shape index (κ1) is 15.5. The van der Waals surface area contributed by atoms with Crippen molar-refractivity contribution >= 4 is 28.9 Å². The van der Waals surface area contributed by atoms with Crippen LogP contribution in [0.15, 0.2) is 36.5 Å². The van der Waals surface area contributed by atoms with Crippen molar-refractivity contribution in [2.75, 3.05) is 5.32 Å². The molecule has 2 rings (SSSR count). The van der Waals surface area contributed by atoms with Crippen molar-refractivity contribution < 1.29 is 4.79 Å². The predicted molar refractivity (Wildman–Crippen MR) is 87.6 cm³/mol. The summed E-state index contributed by atoms with van der Waals surface area (Å²) in [4.78, 5) is 16.6. The Morgan fingerprint density at radius 1 is 1.29 bits per heavy atom. The number of unbranched alkanes of at least 4 members (excludes halogenated alkanes) is 1. The smallest absolute Gasteiger partial charge is 0.166 e. The molecule has 21 heavy (non-hydrogen) atoms. The van der Waals surface area contributed by atoms with E-state index in [-0.39, 0.29) is 5.78 Å². The van der Waals surface area contributed by atoms with E-state index in [0.717, 1.165) is 24.1 Å². The Kier molecular flexibility index (Phi) is 5.34. The lowest BCUT2D eigenvalue weighted by atomic mass is 10.1. The van der Waals surface area contributed by atoms with Gasteiger partial charge in [-0.2, -0.15) is 0 Å². The van der Waals surface area contributed by atoms with Gasteiger partial charge in [0.1, 0.15) is 5.82 Å². The number of nitrogens with one attached hydrogen (secondary N) is 1. The zero-order chi connectivity index (χ0) is 15.2. The number of rotatable bonds is 6. The number of hydrogen-bond donors (Lipinski definition) is 1. The molecule has 1 N–H and O–H groups in total. The fourth-order valence-electron chi connectivity index (χ4n) is 2.07. The molecule has 0 aliphatic rings. The van der Waals surface area contributed by atoms with E-state index in [1.165, 1.54) is 0 Å². The standard InChI is InChI=1S/C17H19ClN2O/c1-3-4-10-16(21)13-7-6-11-19-17(13)20-15-9-5-8-14(18)12(15)2/h5-9,11H,3-4,10H2,1-2H3,(H,19,20). The molecule has 3 nitrogen and oxygen atoms in total. The summed E-state index contributed by atoms with van der Waals surface area (Å²) in [7, 11) is 0. The molecule has 2 aromatic rings. The number of pyridine rings is 1. The number of ketones is 1. The first-order valence-electron chi connectivity index (χ1n) is 7.13. The monoisotopic (exact) mass is 302 g/mol. The average Bonchev–Trinajstić information content (AvgIpc) is 2.50. The molecular formula is C17H19ClN2O.